The summed E-state index contributed by atoms with van der Waals surface area (Å²) in [6.07, 6.45) is -9.86. The topological polar surface area (TPSA) is 69.5 Å². The van der Waals surface area contributed by atoms with Crippen LogP contribution in [-0.2, 0) is 46.4 Å². The summed E-state index contributed by atoms with van der Waals surface area (Å²) >= 11 is 7.68. The second-order valence-electron chi connectivity index (χ2n) is 9.17. The Morgan fingerprint density at radius 3 is 2.49 bits per heavy atom. The van der Waals surface area contributed by atoms with E-state index >= 15 is 0 Å². The molecule has 39 heavy (non-hydrogen) atoms. The molecule has 1 atom stereocenters. The first kappa shape index (κ1) is 27.9. The molecule has 1 fully saturated rings. The van der Waals surface area contributed by atoms with Gasteiger partial charge in [-0.2, -0.15) is 31.4 Å². The number of fused-ring (bicyclic) bond motifs is 1. The Balaban J connectivity index is 1.19. The predicted molar refractivity (Wildman–Crippen MR) is 127 cm³/mol. The van der Waals surface area contributed by atoms with E-state index in [1.807, 2.05) is 17.5 Å². The van der Waals surface area contributed by atoms with Crippen molar-refractivity contribution in [3.8, 4) is 0 Å². The highest BCUT2D eigenvalue weighted by atomic mass is 35.5. The first-order valence-corrected chi connectivity index (χ1v) is 13.1. The van der Waals surface area contributed by atoms with E-state index in [-0.39, 0.29) is 36.4 Å². The van der Waals surface area contributed by atoms with E-state index in [0.717, 1.165) is 16.1 Å². The van der Waals surface area contributed by atoms with Crippen LogP contribution in [0.3, 0.4) is 0 Å². The number of ether oxygens (including phenoxy) is 2. The standard InChI is InChI=1S/C24H21ClF6N4O3S/c25-16-3-1-2-14-10-37-22(38-11-15(14)16)17-12-39-21(32-17)13-4-6-34(7-5-13)20(36)9-35-19(24(29,30)31)8-18(33-35)23(26,27)28/h1-3,8,12-13,22H,4-7,9-11H2. The fourth-order valence-electron chi connectivity index (χ4n) is 4.55. The van der Waals surface area contributed by atoms with Gasteiger partial charge >= 0.3 is 12.4 Å². The number of hydrogen-bond acceptors (Lipinski definition) is 6. The third-order valence-corrected chi connectivity index (χ3v) is 7.99. The summed E-state index contributed by atoms with van der Waals surface area (Å²) in [5, 5.41) is 6.25. The number of piperidine rings is 1. The molecule has 210 valence electrons. The van der Waals surface area contributed by atoms with E-state index < -0.39 is 42.5 Å². The maximum Gasteiger partial charge on any atom is 0.435 e. The Bertz CT molecular complexity index is 1350. The number of thiazole rings is 1. The number of benzene rings is 1. The fraction of sp³-hybridized carbons (Fsp3) is 0.458. The zero-order valence-electron chi connectivity index (χ0n) is 20.1. The van der Waals surface area contributed by atoms with Crippen LogP contribution in [-0.4, -0.2) is 38.7 Å². The molecule has 7 nitrogen and oxygen atoms in total. The largest absolute Gasteiger partial charge is 0.435 e. The van der Waals surface area contributed by atoms with Gasteiger partial charge in [-0.05, 0) is 24.5 Å². The molecule has 5 rings (SSSR count). The van der Waals surface area contributed by atoms with Crippen LogP contribution in [0.25, 0.3) is 0 Å². The number of carbonyl (C=O) groups excluding carboxylic acids is 1. The summed E-state index contributed by atoms with van der Waals surface area (Å²) in [5.41, 5.74) is -0.918. The van der Waals surface area contributed by atoms with Crippen molar-refractivity contribution in [3.05, 3.63) is 67.9 Å². The van der Waals surface area contributed by atoms with E-state index in [9.17, 15) is 31.1 Å². The van der Waals surface area contributed by atoms with Gasteiger partial charge in [0.25, 0.3) is 0 Å². The zero-order chi connectivity index (χ0) is 27.9. The Kier molecular flexibility index (Phi) is 7.65. The van der Waals surface area contributed by atoms with E-state index in [4.69, 9.17) is 21.1 Å². The van der Waals surface area contributed by atoms with Crippen LogP contribution in [0.1, 0.15) is 58.3 Å². The number of rotatable bonds is 4. The molecule has 0 N–H and O–H groups in total. The maximum atomic E-state index is 13.2. The lowest BCUT2D eigenvalue weighted by molar-refractivity contribution is -0.155. The number of amides is 1. The molecular formula is C24H21ClF6N4O3S. The number of aromatic nitrogens is 3. The predicted octanol–water partition coefficient (Wildman–Crippen LogP) is 6.18. The minimum atomic E-state index is -5.09. The average Bonchev–Trinajstić information content (AvgIpc) is 3.48. The van der Waals surface area contributed by atoms with Gasteiger partial charge in [-0.3, -0.25) is 9.48 Å². The van der Waals surface area contributed by atoms with Gasteiger partial charge < -0.3 is 14.4 Å². The van der Waals surface area contributed by atoms with E-state index in [1.54, 1.807) is 6.07 Å². The molecule has 0 radical (unpaired) electrons. The molecule has 1 unspecified atom stereocenters. The highest BCUT2D eigenvalue weighted by Gasteiger charge is 2.42. The lowest BCUT2D eigenvalue weighted by Crippen LogP contribution is -2.40. The highest BCUT2D eigenvalue weighted by Crippen LogP contribution is 2.37. The first-order valence-electron chi connectivity index (χ1n) is 11.8. The summed E-state index contributed by atoms with van der Waals surface area (Å²) < 4.78 is 90.3. The summed E-state index contributed by atoms with van der Waals surface area (Å²) in [6.45, 7) is 0.0725. The van der Waals surface area contributed by atoms with Gasteiger partial charge in [-0.25, -0.2) is 4.98 Å². The number of alkyl halides is 6. The van der Waals surface area contributed by atoms with Gasteiger partial charge in [-0.15, -0.1) is 11.3 Å². The molecule has 3 aromatic rings. The SMILES string of the molecule is O=C(Cn1nc(C(F)(F)F)cc1C(F)(F)F)N1CCC(c2nc(C3OCc4cccc(Cl)c4CO3)cs2)CC1. The summed E-state index contributed by atoms with van der Waals surface area (Å²) in [7, 11) is 0. The minimum Gasteiger partial charge on any atom is -0.342 e. The third-order valence-electron chi connectivity index (χ3n) is 6.61. The Morgan fingerprint density at radius 1 is 1.08 bits per heavy atom. The highest BCUT2D eigenvalue weighted by molar-refractivity contribution is 7.09. The molecule has 4 heterocycles. The number of hydrogen-bond donors (Lipinski definition) is 0. The number of likely N-dealkylation sites (tertiary alicyclic amines) is 1. The van der Waals surface area contributed by atoms with Crippen molar-refractivity contribution >= 4 is 28.8 Å². The summed E-state index contributed by atoms with van der Waals surface area (Å²) in [5.74, 6) is -0.744. The zero-order valence-corrected chi connectivity index (χ0v) is 21.6. The van der Waals surface area contributed by atoms with Gasteiger partial charge in [0.05, 0.1) is 18.2 Å². The van der Waals surface area contributed by atoms with Crippen molar-refractivity contribution in [2.45, 2.75) is 57.2 Å². The van der Waals surface area contributed by atoms with Gasteiger partial charge in [0, 0.05) is 41.0 Å². The van der Waals surface area contributed by atoms with Crippen molar-refractivity contribution in [2.75, 3.05) is 13.1 Å². The lowest BCUT2D eigenvalue weighted by atomic mass is 9.97. The Morgan fingerprint density at radius 2 is 1.79 bits per heavy atom. The maximum absolute atomic E-state index is 13.2. The number of halogens is 7. The first-order chi connectivity index (χ1) is 18.4. The van der Waals surface area contributed by atoms with Crippen LogP contribution >= 0.6 is 22.9 Å². The van der Waals surface area contributed by atoms with Crippen LogP contribution in [0.2, 0.25) is 5.02 Å². The normalized spacial score (nSPS) is 19.2. The molecule has 2 aromatic heterocycles. The monoisotopic (exact) mass is 594 g/mol. The average molecular weight is 595 g/mol. The van der Waals surface area contributed by atoms with Crippen molar-refractivity contribution < 1.29 is 40.6 Å². The molecule has 0 spiro atoms. The summed E-state index contributed by atoms with van der Waals surface area (Å²) in [4.78, 5) is 18.7. The van der Waals surface area contributed by atoms with Gasteiger partial charge in [0.2, 0.25) is 12.2 Å². The van der Waals surface area contributed by atoms with E-state index in [0.29, 0.717) is 30.2 Å². The van der Waals surface area contributed by atoms with Crippen LogP contribution < -0.4 is 0 Å². The van der Waals surface area contributed by atoms with Gasteiger partial charge in [0.15, 0.2) is 5.69 Å². The van der Waals surface area contributed by atoms with Gasteiger partial charge in [-0.1, -0.05) is 23.7 Å². The van der Waals surface area contributed by atoms with Crippen LogP contribution in [0, 0.1) is 0 Å². The minimum absolute atomic E-state index is 0.00232. The molecule has 0 bridgehead atoms. The molecule has 0 saturated carbocycles. The molecule has 1 saturated heterocycles. The number of nitrogens with zero attached hydrogens (tertiary/aromatic N) is 4. The lowest BCUT2D eigenvalue weighted by Gasteiger charge is -2.31. The molecule has 2 aliphatic heterocycles. The molecule has 2 aliphatic rings. The molecule has 0 aliphatic carbocycles. The molecule has 1 amide bonds. The van der Waals surface area contributed by atoms with Crippen LogP contribution in [0.4, 0.5) is 26.3 Å². The second kappa shape index (κ2) is 10.7. The van der Waals surface area contributed by atoms with Crippen LogP contribution in [0.5, 0.6) is 0 Å². The third kappa shape index (κ3) is 6.08. The smallest absolute Gasteiger partial charge is 0.342 e. The number of carbonyl (C=O) groups is 1. The van der Waals surface area contributed by atoms with E-state index in [1.165, 1.54) is 16.2 Å². The Labute approximate surface area is 227 Å². The van der Waals surface area contributed by atoms with Crippen LogP contribution in [0.15, 0.2) is 29.6 Å². The molecular weight excluding hydrogens is 574 g/mol. The quantitative estimate of drug-likeness (QED) is 0.337. The second-order valence-corrected chi connectivity index (χ2v) is 10.5. The van der Waals surface area contributed by atoms with Crippen molar-refractivity contribution in [2.24, 2.45) is 0 Å². The fourth-order valence-corrected chi connectivity index (χ4v) is 5.79. The van der Waals surface area contributed by atoms with Crippen molar-refractivity contribution in [1.29, 1.82) is 0 Å². The summed E-state index contributed by atoms with van der Waals surface area (Å²) in [6, 6.07) is 5.45. The van der Waals surface area contributed by atoms with Crippen molar-refractivity contribution in [3.63, 3.8) is 0 Å². The van der Waals surface area contributed by atoms with Crippen molar-refractivity contribution in [1.82, 2.24) is 19.7 Å². The van der Waals surface area contributed by atoms with Gasteiger partial charge in [0.1, 0.15) is 17.9 Å². The Hall–Kier alpha value is -2.68. The molecule has 1 aromatic carbocycles. The molecule has 15 heteroatoms. The van der Waals surface area contributed by atoms with E-state index in [2.05, 4.69) is 10.1 Å².